The van der Waals surface area contributed by atoms with Crippen LogP contribution in [0.3, 0.4) is 0 Å². The number of carboxylic acids is 1. The van der Waals surface area contributed by atoms with Gasteiger partial charge in [-0.15, -0.1) is 0 Å². The zero-order valence-corrected chi connectivity index (χ0v) is 16.5. The highest BCUT2D eigenvalue weighted by Crippen LogP contribution is 2.24. The number of sulfonamides is 1. The quantitative estimate of drug-likeness (QED) is 0.654. The summed E-state index contributed by atoms with van der Waals surface area (Å²) in [6, 6.07) is 5.62. The minimum Gasteiger partial charge on any atom is -0.481 e. The van der Waals surface area contributed by atoms with Gasteiger partial charge < -0.3 is 15.7 Å². The minimum absolute atomic E-state index is 0.0529. The molecule has 2 amide bonds. The van der Waals surface area contributed by atoms with E-state index in [4.69, 9.17) is 5.11 Å². The summed E-state index contributed by atoms with van der Waals surface area (Å²) >= 11 is 0. The predicted molar refractivity (Wildman–Crippen MR) is 102 cm³/mol. The van der Waals surface area contributed by atoms with Crippen LogP contribution >= 0.6 is 0 Å². The predicted octanol–water partition coefficient (Wildman–Crippen LogP) is 2.48. The second-order valence-electron chi connectivity index (χ2n) is 6.60. The number of benzene rings is 1. The number of urea groups is 1. The first kappa shape index (κ1) is 21.2. The van der Waals surface area contributed by atoms with Crippen LogP contribution in [0, 0.1) is 5.92 Å². The maximum Gasteiger partial charge on any atom is 0.319 e. The van der Waals surface area contributed by atoms with Crippen LogP contribution in [-0.2, 0) is 14.8 Å². The molecule has 0 unspecified atom stereocenters. The zero-order chi connectivity index (χ0) is 20.0. The van der Waals surface area contributed by atoms with Gasteiger partial charge in [-0.05, 0) is 49.9 Å². The lowest BCUT2D eigenvalue weighted by molar-refractivity contribution is -0.142. The lowest BCUT2D eigenvalue weighted by Gasteiger charge is -2.26. The number of anilines is 1. The van der Waals surface area contributed by atoms with Gasteiger partial charge in [0.25, 0.3) is 0 Å². The van der Waals surface area contributed by atoms with Gasteiger partial charge in [-0.2, -0.15) is 4.31 Å². The Labute approximate surface area is 160 Å². The molecule has 0 atom stereocenters. The molecule has 150 valence electrons. The fraction of sp³-hybridized carbons (Fsp3) is 0.556. The van der Waals surface area contributed by atoms with Crippen LogP contribution in [0.1, 0.15) is 39.5 Å². The first-order valence-electron chi connectivity index (χ1n) is 9.18. The van der Waals surface area contributed by atoms with Gasteiger partial charge in [0.2, 0.25) is 10.0 Å². The topological polar surface area (TPSA) is 116 Å². The van der Waals surface area contributed by atoms with Crippen molar-refractivity contribution in [2.24, 2.45) is 5.92 Å². The van der Waals surface area contributed by atoms with Gasteiger partial charge in [-0.3, -0.25) is 4.79 Å². The second-order valence-corrected chi connectivity index (χ2v) is 8.54. The van der Waals surface area contributed by atoms with Crippen LogP contribution in [0.2, 0.25) is 0 Å². The Kier molecular flexibility index (Phi) is 7.20. The standard InChI is InChI=1S/C18H27N3O5S/c1-3-21(4-2)27(25,26)16-11-9-15(10-12-16)20-18(24)19-14-7-5-13(6-8-14)17(22)23/h9-14H,3-8H2,1-2H3,(H,22,23)(H2,19,20,24). The smallest absolute Gasteiger partial charge is 0.319 e. The molecule has 3 N–H and O–H groups in total. The van der Waals surface area contributed by atoms with Gasteiger partial charge in [0, 0.05) is 24.8 Å². The maximum atomic E-state index is 12.4. The summed E-state index contributed by atoms with van der Waals surface area (Å²) < 4.78 is 26.3. The molecule has 0 saturated heterocycles. The van der Waals surface area contributed by atoms with Crippen molar-refractivity contribution in [2.45, 2.75) is 50.5 Å². The highest BCUT2D eigenvalue weighted by molar-refractivity contribution is 7.89. The normalized spacial score (nSPS) is 20.3. The summed E-state index contributed by atoms with van der Waals surface area (Å²) in [6.07, 6.45) is 2.37. The Morgan fingerprint density at radius 2 is 1.63 bits per heavy atom. The summed E-state index contributed by atoms with van der Waals surface area (Å²) in [5.41, 5.74) is 0.491. The molecular weight excluding hydrogens is 370 g/mol. The third-order valence-corrected chi connectivity index (χ3v) is 6.93. The van der Waals surface area contributed by atoms with Crippen molar-refractivity contribution in [1.29, 1.82) is 0 Å². The summed E-state index contributed by atoms with van der Waals surface area (Å²) in [4.78, 5) is 23.3. The molecule has 0 spiro atoms. The lowest BCUT2D eigenvalue weighted by atomic mass is 9.86. The Balaban J connectivity index is 1.91. The molecular formula is C18H27N3O5S. The van der Waals surface area contributed by atoms with E-state index >= 15 is 0 Å². The van der Waals surface area contributed by atoms with Crippen LogP contribution in [0.5, 0.6) is 0 Å². The first-order chi connectivity index (χ1) is 12.8. The van der Waals surface area contributed by atoms with Gasteiger partial charge in [0.1, 0.15) is 0 Å². The molecule has 1 fully saturated rings. The van der Waals surface area contributed by atoms with Crippen molar-refractivity contribution in [1.82, 2.24) is 9.62 Å². The van der Waals surface area contributed by atoms with Crippen LogP contribution < -0.4 is 10.6 Å². The van der Waals surface area contributed by atoms with Crippen molar-refractivity contribution in [2.75, 3.05) is 18.4 Å². The number of carboxylic acid groups (broad SMARTS) is 1. The number of nitrogens with zero attached hydrogens (tertiary/aromatic N) is 1. The van der Waals surface area contributed by atoms with Crippen molar-refractivity contribution >= 4 is 27.7 Å². The third-order valence-electron chi connectivity index (χ3n) is 4.87. The average molecular weight is 397 g/mol. The van der Waals surface area contributed by atoms with Crippen molar-refractivity contribution in [3.8, 4) is 0 Å². The molecule has 1 aromatic rings. The summed E-state index contributed by atoms with van der Waals surface area (Å²) in [5, 5.41) is 14.5. The van der Waals surface area contributed by atoms with E-state index in [0.29, 0.717) is 44.5 Å². The Bertz CT molecular complexity index is 752. The molecule has 0 aliphatic heterocycles. The molecule has 2 rings (SSSR count). The molecule has 1 saturated carbocycles. The van der Waals surface area contributed by atoms with E-state index in [0.717, 1.165) is 0 Å². The molecule has 1 aliphatic carbocycles. The monoisotopic (exact) mass is 397 g/mol. The van der Waals surface area contributed by atoms with Gasteiger partial charge in [0.05, 0.1) is 10.8 Å². The van der Waals surface area contributed by atoms with Crippen LogP contribution in [0.25, 0.3) is 0 Å². The van der Waals surface area contributed by atoms with E-state index in [9.17, 15) is 18.0 Å². The van der Waals surface area contributed by atoms with Gasteiger partial charge in [-0.1, -0.05) is 13.8 Å². The molecule has 0 heterocycles. The van der Waals surface area contributed by atoms with Crippen molar-refractivity contribution in [3.63, 3.8) is 0 Å². The Hall–Kier alpha value is -2.13. The molecule has 8 nitrogen and oxygen atoms in total. The number of rotatable bonds is 7. The Morgan fingerprint density at radius 1 is 1.07 bits per heavy atom. The number of amides is 2. The highest BCUT2D eigenvalue weighted by atomic mass is 32.2. The van der Waals surface area contributed by atoms with Gasteiger partial charge >= 0.3 is 12.0 Å². The van der Waals surface area contributed by atoms with E-state index in [2.05, 4.69) is 10.6 Å². The van der Waals surface area contributed by atoms with Crippen LogP contribution in [0.15, 0.2) is 29.2 Å². The van der Waals surface area contributed by atoms with E-state index in [-0.39, 0.29) is 22.9 Å². The average Bonchev–Trinajstić information content (AvgIpc) is 2.63. The maximum absolute atomic E-state index is 12.4. The van der Waals surface area contributed by atoms with E-state index in [1.165, 1.54) is 16.4 Å². The minimum atomic E-state index is -3.52. The number of aliphatic carboxylic acids is 1. The number of carbonyl (C=O) groups excluding carboxylic acids is 1. The second kappa shape index (κ2) is 9.18. The van der Waals surface area contributed by atoms with Crippen molar-refractivity contribution in [3.05, 3.63) is 24.3 Å². The largest absolute Gasteiger partial charge is 0.481 e. The molecule has 0 bridgehead atoms. The first-order valence-corrected chi connectivity index (χ1v) is 10.6. The van der Waals surface area contributed by atoms with Gasteiger partial charge in [0.15, 0.2) is 0 Å². The van der Waals surface area contributed by atoms with E-state index in [1.54, 1.807) is 26.0 Å². The molecule has 0 aromatic heterocycles. The highest BCUT2D eigenvalue weighted by Gasteiger charge is 2.26. The number of hydrogen-bond acceptors (Lipinski definition) is 4. The fourth-order valence-corrected chi connectivity index (χ4v) is 4.72. The number of nitrogens with one attached hydrogen (secondary N) is 2. The zero-order valence-electron chi connectivity index (χ0n) is 15.6. The van der Waals surface area contributed by atoms with E-state index < -0.39 is 16.0 Å². The SMILES string of the molecule is CCN(CC)S(=O)(=O)c1ccc(NC(=O)NC2CCC(C(=O)O)CC2)cc1. The summed E-state index contributed by atoms with van der Waals surface area (Å²) in [7, 11) is -3.52. The third kappa shape index (κ3) is 5.43. The van der Waals surface area contributed by atoms with Crippen LogP contribution in [-0.4, -0.2) is 49.0 Å². The molecule has 0 radical (unpaired) electrons. The van der Waals surface area contributed by atoms with Gasteiger partial charge in [-0.25, -0.2) is 13.2 Å². The fourth-order valence-electron chi connectivity index (χ4n) is 3.26. The molecule has 27 heavy (non-hydrogen) atoms. The number of carbonyl (C=O) groups is 2. The molecule has 1 aromatic carbocycles. The van der Waals surface area contributed by atoms with Crippen molar-refractivity contribution < 1.29 is 23.1 Å². The number of hydrogen-bond donors (Lipinski definition) is 3. The molecule has 1 aliphatic rings. The lowest BCUT2D eigenvalue weighted by Crippen LogP contribution is -2.41. The Morgan fingerprint density at radius 3 is 2.11 bits per heavy atom. The summed E-state index contributed by atoms with van der Waals surface area (Å²) in [6.45, 7) is 4.35. The van der Waals surface area contributed by atoms with E-state index in [1.807, 2.05) is 0 Å². The summed E-state index contributed by atoms with van der Waals surface area (Å²) in [5.74, 6) is -1.11. The van der Waals surface area contributed by atoms with Crippen LogP contribution in [0.4, 0.5) is 10.5 Å². The molecule has 9 heteroatoms.